The van der Waals surface area contributed by atoms with Crippen LogP contribution in [0.4, 0.5) is 4.39 Å². The number of ether oxygens (including phenoxy) is 1. The van der Waals surface area contributed by atoms with Gasteiger partial charge >= 0.3 is 0 Å². The minimum atomic E-state index is -0.207. The van der Waals surface area contributed by atoms with Crippen LogP contribution in [0.5, 0.6) is 5.75 Å². The van der Waals surface area contributed by atoms with Crippen LogP contribution in [0.25, 0.3) is 0 Å². The van der Waals surface area contributed by atoms with E-state index >= 15 is 0 Å². The summed E-state index contributed by atoms with van der Waals surface area (Å²) < 4.78 is 19.4. The lowest BCUT2D eigenvalue weighted by Crippen LogP contribution is -2.34. The average Bonchev–Trinajstić information content (AvgIpc) is 2.58. The molecule has 116 valence electrons. The number of halogens is 1. The fourth-order valence-corrected chi connectivity index (χ4v) is 3.07. The Kier molecular flexibility index (Phi) is 4.63. The molecule has 1 saturated heterocycles. The molecule has 0 unspecified atom stereocenters. The lowest BCUT2D eigenvalue weighted by molar-refractivity contribution is 0.194. The van der Waals surface area contributed by atoms with Gasteiger partial charge in [-0.2, -0.15) is 0 Å². The molecule has 0 spiro atoms. The molecule has 1 aliphatic rings. The predicted molar refractivity (Wildman–Crippen MR) is 82.2 cm³/mol. The fraction of sp³-hybridized carbons (Fsp3) is 0.412. The molecule has 0 N–H and O–H groups in total. The van der Waals surface area contributed by atoms with Crippen LogP contribution >= 0.6 is 0 Å². The second kappa shape index (κ2) is 6.83. The summed E-state index contributed by atoms with van der Waals surface area (Å²) in [4.78, 5) is 10.8. The summed E-state index contributed by atoms with van der Waals surface area (Å²) in [7, 11) is 1.58. The third-order valence-corrected chi connectivity index (χ3v) is 4.18. The first-order valence-corrected chi connectivity index (χ1v) is 7.57. The second-order valence-electron chi connectivity index (χ2n) is 5.63. The Balaban J connectivity index is 1.74. The fourth-order valence-electron chi connectivity index (χ4n) is 3.07. The van der Waals surface area contributed by atoms with Crippen LogP contribution in [0.3, 0.4) is 0 Å². The number of hydrogen-bond donors (Lipinski definition) is 0. The van der Waals surface area contributed by atoms with E-state index in [4.69, 9.17) is 4.74 Å². The molecule has 5 heteroatoms. The van der Waals surface area contributed by atoms with Gasteiger partial charge in [-0.15, -0.1) is 0 Å². The van der Waals surface area contributed by atoms with Crippen LogP contribution in [0, 0.1) is 5.82 Å². The summed E-state index contributed by atoms with van der Waals surface area (Å²) in [5, 5.41) is 0. The highest BCUT2D eigenvalue weighted by atomic mass is 19.1. The second-order valence-corrected chi connectivity index (χ2v) is 5.63. The highest BCUT2D eigenvalue weighted by Gasteiger charge is 2.24. The highest BCUT2D eigenvalue weighted by Crippen LogP contribution is 2.28. The van der Waals surface area contributed by atoms with Gasteiger partial charge in [0.2, 0.25) is 0 Å². The largest absolute Gasteiger partial charge is 0.496 e. The van der Waals surface area contributed by atoms with Gasteiger partial charge in [0.05, 0.1) is 12.8 Å². The lowest BCUT2D eigenvalue weighted by Gasteiger charge is -2.32. The van der Waals surface area contributed by atoms with E-state index in [1.165, 1.54) is 6.07 Å². The summed E-state index contributed by atoms with van der Waals surface area (Å²) in [5.74, 6) is 0.767. The van der Waals surface area contributed by atoms with E-state index in [1.54, 1.807) is 25.6 Å². The quantitative estimate of drug-likeness (QED) is 0.870. The van der Waals surface area contributed by atoms with E-state index < -0.39 is 0 Å². The molecule has 1 atom stereocenters. The molecule has 22 heavy (non-hydrogen) atoms. The molecule has 1 aliphatic heterocycles. The monoisotopic (exact) mass is 301 g/mol. The molecule has 0 bridgehead atoms. The van der Waals surface area contributed by atoms with Crippen LogP contribution in [0.15, 0.2) is 36.8 Å². The molecule has 2 aromatic rings. The van der Waals surface area contributed by atoms with E-state index in [-0.39, 0.29) is 5.82 Å². The molecule has 0 amide bonds. The summed E-state index contributed by atoms with van der Waals surface area (Å²) in [5.41, 5.74) is 1.65. The number of methoxy groups -OCH3 is 1. The zero-order chi connectivity index (χ0) is 15.4. The van der Waals surface area contributed by atoms with Crippen LogP contribution < -0.4 is 4.74 Å². The van der Waals surface area contributed by atoms with Crippen LogP contribution in [0.1, 0.15) is 30.0 Å². The summed E-state index contributed by atoms with van der Waals surface area (Å²) in [6.45, 7) is 2.40. The number of hydrogen-bond acceptors (Lipinski definition) is 4. The summed E-state index contributed by atoms with van der Waals surface area (Å²) in [6.07, 6.45) is 7.43. The first-order valence-electron chi connectivity index (χ1n) is 7.57. The summed E-state index contributed by atoms with van der Waals surface area (Å²) >= 11 is 0. The number of nitrogens with zero attached hydrogens (tertiary/aromatic N) is 3. The Hall–Kier alpha value is -2.01. The molecule has 0 aliphatic carbocycles. The van der Waals surface area contributed by atoms with Crippen molar-refractivity contribution in [1.29, 1.82) is 0 Å². The summed E-state index contributed by atoms with van der Waals surface area (Å²) in [6, 6.07) is 4.97. The molecule has 0 saturated carbocycles. The maximum atomic E-state index is 14.1. The molecular weight excluding hydrogens is 281 g/mol. The maximum absolute atomic E-state index is 14.1. The SMILES string of the molecule is COc1cccc(F)c1CN1CCC[C@@H](c2cnccn2)C1. The Bertz CT molecular complexity index is 621. The van der Waals surface area contributed by atoms with Crippen molar-refractivity contribution >= 4 is 0 Å². The van der Waals surface area contributed by atoms with E-state index in [9.17, 15) is 4.39 Å². The van der Waals surface area contributed by atoms with Crippen molar-refractivity contribution < 1.29 is 9.13 Å². The number of aromatic nitrogens is 2. The predicted octanol–water partition coefficient (Wildman–Crippen LogP) is 3.00. The van der Waals surface area contributed by atoms with Crippen molar-refractivity contribution in [3.8, 4) is 5.75 Å². The van der Waals surface area contributed by atoms with E-state index in [1.807, 2.05) is 12.3 Å². The van der Waals surface area contributed by atoms with E-state index in [0.717, 1.165) is 31.6 Å². The minimum absolute atomic E-state index is 0.207. The molecule has 1 aromatic carbocycles. The van der Waals surface area contributed by atoms with Gasteiger partial charge in [0.1, 0.15) is 11.6 Å². The van der Waals surface area contributed by atoms with Crippen molar-refractivity contribution in [3.63, 3.8) is 0 Å². The van der Waals surface area contributed by atoms with Gasteiger partial charge < -0.3 is 4.74 Å². The molecular formula is C17H20FN3O. The van der Waals surface area contributed by atoms with Crippen LogP contribution in [-0.2, 0) is 6.54 Å². The van der Waals surface area contributed by atoms with Gasteiger partial charge in [-0.1, -0.05) is 6.07 Å². The van der Waals surface area contributed by atoms with Crippen LogP contribution in [-0.4, -0.2) is 35.1 Å². The zero-order valence-electron chi connectivity index (χ0n) is 12.7. The third kappa shape index (κ3) is 3.25. The van der Waals surface area contributed by atoms with E-state index in [0.29, 0.717) is 23.8 Å². The van der Waals surface area contributed by atoms with Crippen molar-refractivity contribution in [2.24, 2.45) is 0 Å². The molecule has 2 heterocycles. The van der Waals surface area contributed by atoms with Gasteiger partial charge in [0, 0.05) is 43.2 Å². The third-order valence-electron chi connectivity index (χ3n) is 4.18. The molecule has 1 fully saturated rings. The van der Waals surface area contributed by atoms with Gasteiger partial charge in [-0.3, -0.25) is 14.9 Å². The minimum Gasteiger partial charge on any atom is -0.496 e. The highest BCUT2D eigenvalue weighted by molar-refractivity contribution is 5.34. The molecule has 1 aromatic heterocycles. The standard InChI is InChI=1S/C17H20FN3O/c1-22-17-6-2-5-15(18)14(17)12-21-9-3-4-13(11-21)16-10-19-7-8-20-16/h2,5-8,10,13H,3-4,9,11-12H2,1H3/t13-/m1/s1. The van der Waals surface area contributed by atoms with Gasteiger partial charge in [-0.05, 0) is 31.5 Å². The number of piperidine rings is 1. The van der Waals surface area contributed by atoms with Gasteiger partial charge in [0.25, 0.3) is 0 Å². The number of likely N-dealkylation sites (tertiary alicyclic amines) is 1. The molecule has 3 rings (SSSR count). The Labute approximate surface area is 130 Å². The number of rotatable bonds is 4. The Morgan fingerprint density at radius 2 is 2.27 bits per heavy atom. The van der Waals surface area contributed by atoms with Crippen LogP contribution in [0.2, 0.25) is 0 Å². The molecule has 0 radical (unpaired) electrons. The van der Waals surface area contributed by atoms with Crippen molar-refractivity contribution in [1.82, 2.24) is 14.9 Å². The molecule has 4 nitrogen and oxygen atoms in total. The Morgan fingerprint density at radius 1 is 1.36 bits per heavy atom. The number of benzene rings is 1. The normalized spacial score (nSPS) is 19.1. The topological polar surface area (TPSA) is 38.2 Å². The van der Waals surface area contributed by atoms with Crippen molar-refractivity contribution in [2.75, 3.05) is 20.2 Å². The average molecular weight is 301 g/mol. The van der Waals surface area contributed by atoms with Crippen molar-refractivity contribution in [2.45, 2.75) is 25.3 Å². The van der Waals surface area contributed by atoms with Crippen molar-refractivity contribution in [3.05, 3.63) is 53.9 Å². The van der Waals surface area contributed by atoms with Gasteiger partial charge in [0.15, 0.2) is 0 Å². The first kappa shape index (κ1) is 14.9. The smallest absolute Gasteiger partial charge is 0.131 e. The van der Waals surface area contributed by atoms with E-state index in [2.05, 4.69) is 14.9 Å². The first-order chi connectivity index (χ1) is 10.8. The lowest BCUT2D eigenvalue weighted by atomic mass is 9.94. The Morgan fingerprint density at radius 3 is 3.05 bits per heavy atom. The maximum Gasteiger partial charge on any atom is 0.131 e. The van der Waals surface area contributed by atoms with Gasteiger partial charge in [-0.25, -0.2) is 4.39 Å². The zero-order valence-corrected chi connectivity index (χ0v) is 12.7.